The molecule has 0 saturated carbocycles. The average Bonchev–Trinajstić information content (AvgIpc) is 3.84. The van der Waals surface area contributed by atoms with Crippen LogP contribution in [0.1, 0.15) is 48.3 Å². The summed E-state index contributed by atoms with van der Waals surface area (Å²) in [5.74, 6) is -1.86. The van der Waals surface area contributed by atoms with Gasteiger partial charge in [-0.15, -0.1) is 0 Å². The summed E-state index contributed by atoms with van der Waals surface area (Å²) in [5.41, 5.74) is 13.3. The maximum Gasteiger partial charge on any atom is 0.309 e. The molecule has 392 valence electrons. The van der Waals surface area contributed by atoms with E-state index in [1.807, 2.05) is 12.1 Å². The molecule has 4 aromatic carbocycles. The lowest BCUT2D eigenvalue weighted by atomic mass is 9.98. The summed E-state index contributed by atoms with van der Waals surface area (Å²) in [6, 6.07) is 19.9. The maximum absolute atomic E-state index is 12.1. The normalized spacial score (nSPS) is 18.6. The highest BCUT2D eigenvalue weighted by Crippen LogP contribution is 2.32. The number of likely N-dealkylation sites (tertiary alicyclic amines) is 2. The first-order chi connectivity index (χ1) is 34.1. The molecule has 2 saturated heterocycles. The van der Waals surface area contributed by atoms with Gasteiger partial charge in [0, 0.05) is 73.7 Å². The van der Waals surface area contributed by atoms with Gasteiger partial charge in [-0.2, -0.15) is 0 Å². The summed E-state index contributed by atoms with van der Waals surface area (Å²) in [4.78, 5) is 69.3. The van der Waals surface area contributed by atoms with Crippen LogP contribution in [0.2, 0.25) is 0 Å². The number of ether oxygens (including phenoxy) is 4. The predicted molar refractivity (Wildman–Crippen MR) is 257 cm³/mol. The number of hydrogen-bond acceptors (Lipinski definition) is 18. The fraction of sp³-hybridized carbons (Fsp3) is 0.417. The van der Waals surface area contributed by atoms with Crippen LogP contribution in [0.3, 0.4) is 0 Å². The van der Waals surface area contributed by atoms with Crippen LogP contribution in [0.15, 0.2) is 84.9 Å². The number of aliphatic hydroxyl groups is 4. The van der Waals surface area contributed by atoms with Crippen LogP contribution in [0.25, 0.3) is 0 Å². The number of aliphatic hydroxyl groups excluding tert-OH is 4. The number of methoxy groups -OCH3 is 4. The first kappa shape index (κ1) is 58.8. The number of non-ortho nitro benzene ring substituents is 2. The van der Waals surface area contributed by atoms with Gasteiger partial charge in [0.2, 0.25) is 11.8 Å². The van der Waals surface area contributed by atoms with E-state index >= 15 is 0 Å². The zero-order valence-electron chi connectivity index (χ0n) is 40.5. The van der Waals surface area contributed by atoms with E-state index in [2.05, 4.69) is 0 Å². The number of aliphatic carboxylic acids is 2. The van der Waals surface area contributed by atoms with E-state index in [0.717, 1.165) is 11.1 Å². The highest BCUT2D eigenvalue weighted by molar-refractivity contribution is 5.89. The highest BCUT2D eigenvalue weighted by Gasteiger charge is 2.42. The Morgan fingerprint density at radius 2 is 0.931 bits per heavy atom. The second-order valence-corrected chi connectivity index (χ2v) is 16.5. The SMILES string of the molecule is COc1ccc(CN2CC(C(=O)O)C(C)C2=O)c(OC)c1.COc1ccc(CN2CC(C(=O)O)C(C)C2=O)c(OC)c1.N[C@H](CO)[C@H](O)c1ccc([N+](=O)[O-])cc1.N[C@H](CO)[C@H](O)c1ccc([N+](=O)[O-])cc1. The summed E-state index contributed by atoms with van der Waals surface area (Å²) in [5, 5.41) is 75.5. The van der Waals surface area contributed by atoms with Crippen molar-refractivity contribution in [1.29, 1.82) is 0 Å². The van der Waals surface area contributed by atoms with Crippen LogP contribution in [0.4, 0.5) is 11.4 Å². The number of benzene rings is 4. The molecule has 2 amide bonds. The molecule has 0 aromatic heterocycles. The van der Waals surface area contributed by atoms with Gasteiger partial charge in [0.25, 0.3) is 11.4 Å². The fourth-order valence-corrected chi connectivity index (χ4v) is 7.42. The van der Waals surface area contributed by atoms with Crippen molar-refractivity contribution < 1.29 is 78.6 Å². The molecule has 2 fully saturated rings. The number of carboxylic acids is 2. The Hall–Kier alpha value is -7.48. The topological polar surface area (TPSA) is 371 Å². The Morgan fingerprint density at radius 1 is 0.611 bits per heavy atom. The van der Waals surface area contributed by atoms with Gasteiger partial charge in [-0.3, -0.25) is 39.4 Å². The molecule has 10 N–H and O–H groups in total. The van der Waals surface area contributed by atoms with Gasteiger partial charge in [0.15, 0.2) is 0 Å². The predicted octanol–water partition coefficient (Wildman–Crippen LogP) is 2.66. The van der Waals surface area contributed by atoms with Gasteiger partial charge in [-0.1, -0.05) is 13.8 Å². The van der Waals surface area contributed by atoms with Crippen molar-refractivity contribution in [3.63, 3.8) is 0 Å². The third-order valence-corrected chi connectivity index (χ3v) is 11.9. The standard InChI is InChI=1S/2C15H19NO5.2C9H12N2O4/c2*1-9-12(15(18)19)8-16(14(9)17)7-10-4-5-11(20-2)6-13(10)21-3;2*10-8(5-12)9(13)6-1-3-7(4-2-6)11(14)15/h2*4-6,9,12H,7-8H2,1-3H3,(H,18,19);2*1-4,8-9,12-13H,5,10H2/t;;2*8-,9-/m..11/s1. The number of amides is 2. The number of carboxylic acid groups (broad SMARTS) is 2. The third-order valence-electron chi connectivity index (χ3n) is 11.9. The lowest BCUT2D eigenvalue weighted by Crippen LogP contribution is -2.31. The molecule has 4 aromatic rings. The Morgan fingerprint density at radius 3 is 1.17 bits per heavy atom. The summed E-state index contributed by atoms with van der Waals surface area (Å²) in [6.45, 7) is 3.74. The highest BCUT2D eigenvalue weighted by atomic mass is 16.6. The zero-order chi connectivity index (χ0) is 54.0. The van der Waals surface area contributed by atoms with Crippen LogP contribution < -0.4 is 30.4 Å². The lowest BCUT2D eigenvalue weighted by Gasteiger charge is -2.18. The lowest BCUT2D eigenvalue weighted by molar-refractivity contribution is -0.385. The van der Waals surface area contributed by atoms with E-state index in [0.29, 0.717) is 47.2 Å². The first-order valence-electron chi connectivity index (χ1n) is 22.1. The number of nitrogens with two attached hydrogens (primary N) is 2. The summed E-state index contributed by atoms with van der Waals surface area (Å²) >= 11 is 0. The molecule has 24 heteroatoms. The van der Waals surface area contributed by atoms with Crippen molar-refractivity contribution in [3.05, 3.63) is 127 Å². The number of carbonyl (C=O) groups excluding carboxylic acids is 2. The number of nitro groups is 2. The van der Waals surface area contributed by atoms with Crippen molar-refractivity contribution >= 4 is 35.1 Å². The molecule has 4 unspecified atom stereocenters. The van der Waals surface area contributed by atoms with Crippen LogP contribution in [-0.4, -0.2) is 141 Å². The van der Waals surface area contributed by atoms with Gasteiger partial charge in [-0.05, 0) is 59.7 Å². The third kappa shape index (κ3) is 15.8. The minimum atomic E-state index is -1.02. The number of nitro benzene ring substituents is 2. The monoisotopic (exact) mass is 1010 g/mol. The molecule has 0 aliphatic carbocycles. The Balaban J connectivity index is 0.000000257. The minimum absolute atomic E-state index is 0.0523. The fourth-order valence-electron chi connectivity index (χ4n) is 7.42. The van der Waals surface area contributed by atoms with Crippen LogP contribution >= 0.6 is 0 Å². The number of nitrogens with zero attached hydrogens (tertiary/aromatic N) is 4. The molecule has 0 spiro atoms. The van der Waals surface area contributed by atoms with E-state index in [4.69, 9.17) is 50.8 Å². The molecule has 0 bridgehead atoms. The number of carbonyl (C=O) groups is 4. The first-order valence-corrected chi connectivity index (χ1v) is 22.1. The summed E-state index contributed by atoms with van der Waals surface area (Å²) < 4.78 is 20.9. The van der Waals surface area contributed by atoms with Gasteiger partial charge < -0.3 is 70.9 Å². The molecule has 8 atom stereocenters. The van der Waals surface area contributed by atoms with E-state index in [9.17, 15) is 49.6 Å². The Kier molecular flexibility index (Phi) is 22.7. The zero-order valence-corrected chi connectivity index (χ0v) is 40.5. The van der Waals surface area contributed by atoms with Gasteiger partial charge in [0.1, 0.15) is 23.0 Å². The van der Waals surface area contributed by atoms with Crippen molar-refractivity contribution in [2.45, 2.75) is 51.2 Å². The summed E-state index contributed by atoms with van der Waals surface area (Å²) in [6.07, 6.45) is -2.04. The summed E-state index contributed by atoms with van der Waals surface area (Å²) in [7, 11) is 6.23. The molecule has 2 aliphatic rings. The van der Waals surface area contributed by atoms with E-state index in [1.54, 1.807) is 76.4 Å². The number of hydrogen-bond donors (Lipinski definition) is 8. The van der Waals surface area contributed by atoms with Gasteiger partial charge in [-0.25, -0.2) is 0 Å². The van der Waals surface area contributed by atoms with Crippen LogP contribution in [0.5, 0.6) is 23.0 Å². The molecule has 24 nitrogen and oxygen atoms in total. The molecule has 72 heavy (non-hydrogen) atoms. The molecule has 0 radical (unpaired) electrons. The van der Waals surface area contributed by atoms with Gasteiger partial charge >= 0.3 is 11.9 Å². The largest absolute Gasteiger partial charge is 0.497 e. The molecule has 6 rings (SSSR count). The minimum Gasteiger partial charge on any atom is -0.497 e. The van der Waals surface area contributed by atoms with Crippen molar-refractivity contribution in [2.75, 3.05) is 54.7 Å². The number of rotatable bonds is 18. The Labute approximate surface area is 414 Å². The van der Waals surface area contributed by atoms with E-state index < -0.39 is 69.7 Å². The van der Waals surface area contributed by atoms with Gasteiger partial charge in [0.05, 0.1) is 99.5 Å². The quantitative estimate of drug-likeness (QED) is 0.0524. The molecule has 2 heterocycles. The Bertz CT molecular complexity index is 2290. The van der Waals surface area contributed by atoms with Crippen molar-refractivity contribution in [1.82, 2.24) is 9.80 Å². The second kappa shape index (κ2) is 27.8. The van der Waals surface area contributed by atoms with Crippen LogP contribution in [-0.2, 0) is 32.3 Å². The van der Waals surface area contributed by atoms with Crippen LogP contribution in [0, 0.1) is 43.9 Å². The van der Waals surface area contributed by atoms with Crippen molar-refractivity contribution in [3.8, 4) is 23.0 Å². The van der Waals surface area contributed by atoms with Crippen molar-refractivity contribution in [2.24, 2.45) is 35.1 Å². The molecular weight excluding hydrogens is 949 g/mol. The smallest absolute Gasteiger partial charge is 0.309 e. The molecule has 2 aliphatic heterocycles. The maximum atomic E-state index is 12.1. The average molecular weight is 1010 g/mol. The van der Waals surface area contributed by atoms with E-state index in [-0.39, 0.29) is 49.5 Å². The second-order valence-electron chi connectivity index (χ2n) is 16.5. The molecular formula is C48H62N6O18. The van der Waals surface area contributed by atoms with E-state index in [1.165, 1.54) is 48.5 Å².